The van der Waals surface area contributed by atoms with E-state index in [0.29, 0.717) is 19.6 Å². The number of thioether (sulfide) groups is 1. The van der Waals surface area contributed by atoms with Gasteiger partial charge < -0.3 is 30.4 Å². The Bertz CT molecular complexity index is 1470. The van der Waals surface area contributed by atoms with Gasteiger partial charge in [-0.25, -0.2) is 4.79 Å². The number of amides is 4. The lowest BCUT2D eigenvalue weighted by Gasteiger charge is -2.49. The van der Waals surface area contributed by atoms with E-state index in [9.17, 15) is 19.5 Å². The highest BCUT2D eigenvalue weighted by atomic mass is 32.2. The van der Waals surface area contributed by atoms with Crippen molar-refractivity contribution in [3.8, 4) is 5.75 Å². The molecule has 0 saturated carbocycles. The Morgan fingerprint density at radius 2 is 1.77 bits per heavy atom. The number of urea groups is 1. The molecule has 0 spiro atoms. The second-order valence-electron chi connectivity index (χ2n) is 11.1. The molecule has 1 unspecified atom stereocenters. The van der Waals surface area contributed by atoms with Crippen LogP contribution in [0.25, 0.3) is 0 Å². The fourth-order valence-electron chi connectivity index (χ4n) is 5.82. The normalized spacial score (nSPS) is 19.4. The summed E-state index contributed by atoms with van der Waals surface area (Å²) in [7, 11) is 1.68. The van der Waals surface area contributed by atoms with Gasteiger partial charge in [-0.3, -0.25) is 9.59 Å². The average Bonchev–Trinajstić information content (AvgIpc) is 3.45. The van der Waals surface area contributed by atoms with Gasteiger partial charge in [0.2, 0.25) is 11.8 Å². The Morgan fingerprint density at radius 1 is 1.05 bits per heavy atom. The van der Waals surface area contributed by atoms with Crippen LogP contribution in [0.4, 0.5) is 4.79 Å². The quantitative estimate of drug-likeness (QED) is 0.225. The van der Waals surface area contributed by atoms with Crippen LogP contribution in [-0.4, -0.2) is 88.8 Å². The molecule has 2 aliphatic rings. The first-order valence-electron chi connectivity index (χ1n) is 14.8. The van der Waals surface area contributed by atoms with Crippen LogP contribution < -0.4 is 10.6 Å². The number of fused-ring (bicyclic) bond motifs is 1. The minimum absolute atomic E-state index is 0.00596. The first-order chi connectivity index (χ1) is 21.4. The maximum Gasteiger partial charge on any atom is 0.319 e. The molecule has 9 nitrogen and oxygen atoms in total. The van der Waals surface area contributed by atoms with Crippen LogP contribution in [-0.2, 0) is 22.6 Å². The van der Waals surface area contributed by atoms with Crippen molar-refractivity contribution >= 4 is 29.6 Å². The number of benzene rings is 3. The molecular formula is C34H39N5O4S. The molecule has 0 aliphatic carbocycles. The van der Waals surface area contributed by atoms with E-state index in [0.717, 1.165) is 16.9 Å². The summed E-state index contributed by atoms with van der Waals surface area (Å²) >= 11 is 1.79. The van der Waals surface area contributed by atoms with E-state index in [4.69, 9.17) is 0 Å². The molecule has 0 radical (unpaired) electrons. The Labute approximate surface area is 262 Å². The summed E-state index contributed by atoms with van der Waals surface area (Å²) in [6.45, 7) is 5.15. The van der Waals surface area contributed by atoms with Crippen LogP contribution in [0.15, 0.2) is 96.4 Å². The molecule has 230 valence electrons. The number of carbonyl (C=O) groups excluding carboxylic acids is 3. The third-order valence-corrected chi connectivity index (χ3v) is 9.40. The third-order valence-electron chi connectivity index (χ3n) is 8.15. The van der Waals surface area contributed by atoms with Crippen molar-refractivity contribution in [3.63, 3.8) is 0 Å². The summed E-state index contributed by atoms with van der Waals surface area (Å²) in [5.74, 6) is 0.690. The molecule has 10 heteroatoms. The maximum absolute atomic E-state index is 14.3. The number of likely N-dealkylation sites (N-methyl/N-ethyl adjacent to an activating group) is 1. The minimum atomic E-state index is -0.843. The summed E-state index contributed by atoms with van der Waals surface area (Å²) < 4.78 is 0. The Balaban J connectivity index is 1.45. The fraction of sp³-hybridized carbons (Fsp3) is 0.324. The Hall–Kier alpha value is -4.28. The van der Waals surface area contributed by atoms with E-state index < -0.39 is 12.2 Å². The molecule has 3 aromatic carbocycles. The van der Waals surface area contributed by atoms with Crippen LogP contribution in [0, 0.1) is 0 Å². The lowest BCUT2D eigenvalue weighted by atomic mass is 9.96. The van der Waals surface area contributed by atoms with E-state index in [1.54, 1.807) is 54.1 Å². The summed E-state index contributed by atoms with van der Waals surface area (Å²) in [5, 5.41) is 15.9. The smallest absolute Gasteiger partial charge is 0.319 e. The second-order valence-corrected chi connectivity index (χ2v) is 12.2. The number of carbonyl (C=O) groups is 3. The zero-order valence-corrected chi connectivity index (χ0v) is 25.7. The van der Waals surface area contributed by atoms with Gasteiger partial charge in [-0.05, 0) is 34.9 Å². The molecule has 1 fully saturated rings. The van der Waals surface area contributed by atoms with E-state index in [1.807, 2.05) is 47.4 Å². The van der Waals surface area contributed by atoms with Crippen molar-refractivity contribution in [1.82, 2.24) is 25.3 Å². The molecule has 44 heavy (non-hydrogen) atoms. The summed E-state index contributed by atoms with van der Waals surface area (Å²) in [6.07, 6.45) is 1.21. The topological polar surface area (TPSA) is 105 Å². The fourth-order valence-corrected chi connectivity index (χ4v) is 7.06. The molecule has 2 aliphatic heterocycles. The van der Waals surface area contributed by atoms with Crippen molar-refractivity contribution in [2.75, 3.05) is 39.0 Å². The van der Waals surface area contributed by atoms with Crippen molar-refractivity contribution in [2.24, 2.45) is 0 Å². The third kappa shape index (κ3) is 7.26. The van der Waals surface area contributed by atoms with Crippen molar-refractivity contribution in [3.05, 3.63) is 108 Å². The van der Waals surface area contributed by atoms with Crippen LogP contribution in [0.2, 0.25) is 0 Å². The molecule has 2 heterocycles. The number of hydrogen-bond donors (Lipinski definition) is 3. The van der Waals surface area contributed by atoms with Gasteiger partial charge in [0.25, 0.3) is 0 Å². The monoisotopic (exact) mass is 613 g/mol. The van der Waals surface area contributed by atoms with Gasteiger partial charge in [0.15, 0.2) is 0 Å². The zero-order valence-electron chi connectivity index (χ0n) is 24.9. The SMILES string of the molecule is C=CCNCC(=O)N1[C@@H](N(C)C(=O)NCc2ccccc2)CN(CC2CSc3ccccc32)C(=O)[C@@H]1Cc1ccc(O)cc1. The Kier molecular flexibility index (Phi) is 10.2. The molecule has 1 saturated heterocycles. The molecule has 3 aromatic rings. The lowest BCUT2D eigenvalue weighted by molar-refractivity contribution is -0.160. The number of hydrogen-bond acceptors (Lipinski definition) is 6. The van der Waals surface area contributed by atoms with E-state index >= 15 is 0 Å². The number of aromatic hydroxyl groups is 1. The molecule has 0 bridgehead atoms. The number of piperazine rings is 1. The summed E-state index contributed by atoms with van der Waals surface area (Å²) in [5.41, 5.74) is 2.98. The van der Waals surface area contributed by atoms with E-state index in [1.165, 1.54) is 15.4 Å². The van der Waals surface area contributed by atoms with E-state index in [-0.39, 0.29) is 49.0 Å². The molecule has 5 rings (SSSR count). The highest BCUT2D eigenvalue weighted by molar-refractivity contribution is 7.99. The highest BCUT2D eigenvalue weighted by Crippen LogP contribution is 2.40. The highest BCUT2D eigenvalue weighted by Gasteiger charge is 2.46. The number of phenols is 1. The molecule has 3 N–H and O–H groups in total. The predicted octanol–water partition coefficient (Wildman–Crippen LogP) is 3.81. The van der Waals surface area contributed by atoms with Crippen LogP contribution >= 0.6 is 11.8 Å². The number of rotatable bonds is 11. The zero-order chi connectivity index (χ0) is 31.1. The average molecular weight is 614 g/mol. The van der Waals surface area contributed by atoms with Gasteiger partial charge in [0.05, 0.1) is 13.1 Å². The van der Waals surface area contributed by atoms with E-state index in [2.05, 4.69) is 29.3 Å². The van der Waals surface area contributed by atoms with Crippen molar-refractivity contribution < 1.29 is 19.5 Å². The van der Waals surface area contributed by atoms with Gasteiger partial charge >= 0.3 is 6.03 Å². The predicted molar refractivity (Wildman–Crippen MR) is 172 cm³/mol. The van der Waals surface area contributed by atoms with Gasteiger partial charge in [0.1, 0.15) is 18.0 Å². The summed E-state index contributed by atoms with van der Waals surface area (Å²) in [4.78, 5) is 47.9. The molecule has 0 aromatic heterocycles. The van der Waals surface area contributed by atoms with Gasteiger partial charge in [-0.15, -0.1) is 18.3 Å². The standard InChI is InChI=1S/C34H39N5O4S/c1-3-17-35-20-32(41)39-29(18-24-13-15-27(40)16-14-24)33(42)38(21-26-23-44-30-12-8-7-11-28(26)30)22-31(39)37(2)34(43)36-19-25-9-5-4-6-10-25/h3-16,26,29,31,35,40H,1,17-23H2,2H3,(H,36,43)/t26?,29-,31+/m0/s1. The number of nitrogens with one attached hydrogen (secondary N) is 2. The molecule has 4 amide bonds. The number of phenolic OH excluding ortho intramolecular Hbond substituents is 1. The second kappa shape index (κ2) is 14.5. The maximum atomic E-state index is 14.3. The molecular weight excluding hydrogens is 574 g/mol. The van der Waals surface area contributed by atoms with Gasteiger partial charge in [0, 0.05) is 49.7 Å². The van der Waals surface area contributed by atoms with Crippen LogP contribution in [0.3, 0.4) is 0 Å². The first kappa shape index (κ1) is 31.2. The van der Waals surface area contributed by atoms with Crippen LogP contribution in [0.1, 0.15) is 22.6 Å². The van der Waals surface area contributed by atoms with Gasteiger partial charge in [-0.2, -0.15) is 0 Å². The van der Waals surface area contributed by atoms with Gasteiger partial charge in [-0.1, -0.05) is 66.7 Å². The lowest BCUT2D eigenvalue weighted by Crippen LogP contribution is -2.70. The van der Waals surface area contributed by atoms with Crippen LogP contribution in [0.5, 0.6) is 5.75 Å². The van der Waals surface area contributed by atoms with Crippen molar-refractivity contribution in [1.29, 1.82) is 0 Å². The molecule has 3 atom stereocenters. The Morgan fingerprint density at radius 3 is 2.52 bits per heavy atom. The largest absolute Gasteiger partial charge is 0.508 e. The minimum Gasteiger partial charge on any atom is -0.508 e. The number of nitrogens with zero attached hydrogens (tertiary/aromatic N) is 3. The first-order valence-corrected chi connectivity index (χ1v) is 15.8. The summed E-state index contributed by atoms with van der Waals surface area (Å²) in [6, 6.07) is 23.4. The van der Waals surface area contributed by atoms with Crippen molar-refractivity contribution in [2.45, 2.75) is 36.0 Å².